The number of nitriles is 1. The van der Waals surface area contributed by atoms with Gasteiger partial charge in [-0.3, -0.25) is 4.68 Å². The van der Waals surface area contributed by atoms with Gasteiger partial charge in [-0.25, -0.2) is 0 Å². The Hall–Kier alpha value is -1.32. The Balaban J connectivity index is 2.38. The van der Waals surface area contributed by atoms with Crippen LogP contribution in [-0.4, -0.2) is 28.1 Å². The Morgan fingerprint density at radius 2 is 1.74 bits per heavy atom. The third-order valence-corrected chi connectivity index (χ3v) is 4.15. The quantitative estimate of drug-likeness (QED) is 0.753. The Bertz CT molecular complexity index is 527. The van der Waals surface area contributed by atoms with E-state index in [0.29, 0.717) is 0 Å². The second-order valence-corrected chi connectivity index (χ2v) is 5.99. The van der Waals surface area contributed by atoms with Crippen LogP contribution >= 0.6 is 0 Å². The molecule has 1 aromatic heterocycles. The lowest BCUT2D eigenvalue weighted by molar-refractivity contribution is 0.00578. The molecule has 0 aromatic carbocycles. The lowest BCUT2D eigenvalue weighted by atomic mass is 9.77. The topological polar surface area (TPSA) is 60.1 Å². The second kappa shape index (κ2) is 4.36. The first-order valence-corrected chi connectivity index (χ1v) is 6.46. The summed E-state index contributed by atoms with van der Waals surface area (Å²) in [7, 11) is -0.419. The highest BCUT2D eigenvalue weighted by molar-refractivity contribution is 6.63. The van der Waals surface area contributed by atoms with Crippen molar-refractivity contribution < 1.29 is 9.31 Å². The summed E-state index contributed by atoms with van der Waals surface area (Å²) in [4.78, 5) is 0. The SMILES string of the molecule is Cc1nn(CC#N)c(C)c1B1OC(C)(C)C(C)(C)O1. The van der Waals surface area contributed by atoms with E-state index in [4.69, 9.17) is 14.6 Å². The summed E-state index contributed by atoms with van der Waals surface area (Å²) in [5, 5.41) is 13.2. The van der Waals surface area contributed by atoms with Gasteiger partial charge in [0.05, 0.1) is 23.0 Å². The molecular formula is C13H20BN3O2. The molecule has 1 aliphatic heterocycles. The molecule has 5 nitrogen and oxygen atoms in total. The van der Waals surface area contributed by atoms with Gasteiger partial charge in [0.2, 0.25) is 0 Å². The number of aryl methyl sites for hydroxylation is 1. The lowest BCUT2D eigenvalue weighted by Gasteiger charge is -2.32. The highest BCUT2D eigenvalue weighted by Crippen LogP contribution is 2.36. The molecule has 19 heavy (non-hydrogen) atoms. The number of aromatic nitrogens is 2. The van der Waals surface area contributed by atoms with Gasteiger partial charge in [0.1, 0.15) is 6.54 Å². The van der Waals surface area contributed by atoms with Crippen molar-refractivity contribution in [1.82, 2.24) is 9.78 Å². The van der Waals surface area contributed by atoms with Gasteiger partial charge in [-0.1, -0.05) is 0 Å². The summed E-state index contributed by atoms with van der Waals surface area (Å²) >= 11 is 0. The maximum Gasteiger partial charge on any atom is 0.498 e. The molecule has 2 heterocycles. The molecule has 1 aliphatic rings. The largest absolute Gasteiger partial charge is 0.498 e. The van der Waals surface area contributed by atoms with Gasteiger partial charge in [-0.05, 0) is 41.5 Å². The molecule has 0 aliphatic carbocycles. The van der Waals surface area contributed by atoms with E-state index >= 15 is 0 Å². The van der Waals surface area contributed by atoms with E-state index in [9.17, 15) is 0 Å². The molecule has 0 bridgehead atoms. The molecule has 1 fully saturated rings. The van der Waals surface area contributed by atoms with E-state index in [-0.39, 0.29) is 17.7 Å². The minimum Gasteiger partial charge on any atom is -0.399 e. The van der Waals surface area contributed by atoms with E-state index in [1.54, 1.807) is 4.68 Å². The zero-order valence-corrected chi connectivity index (χ0v) is 12.4. The van der Waals surface area contributed by atoms with Crippen LogP contribution in [0.2, 0.25) is 0 Å². The van der Waals surface area contributed by atoms with Gasteiger partial charge in [0.15, 0.2) is 0 Å². The van der Waals surface area contributed by atoms with E-state index in [1.807, 2.05) is 41.5 Å². The van der Waals surface area contributed by atoms with Crippen LogP contribution in [0.3, 0.4) is 0 Å². The molecule has 102 valence electrons. The predicted molar refractivity (Wildman–Crippen MR) is 73.0 cm³/mol. The van der Waals surface area contributed by atoms with Crippen LogP contribution in [0.15, 0.2) is 0 Å². The van der Waals surface area contributed by atoms with Crippen molar-refractivity contribution in [3.8, 4) is 6.07 Å². The monoisotopic (exact) mass is 261 g/mol. The summed E-state index contributed by atoms with van der Waals surface area (Å²) in [5.41, 5.74) is 1.99. The molecular weight excluding hydrogens is 241 g/mol. The average Bonchev–Trinajstić information content (AvgIpc) is 2.63. The van der Waals surface area contributed by atoms with Crippen molar-refractivity contribution in [1.29, 1.82) is 5.26 Å². The summed E-state index contributed by atoms with van der Waals surface area (Å²) in [6.45, 7) is 12.2. The number of rotatable bonds is 2. The smallest absolute Gasteiger partial charge is 0.399 e. The molecule has 0 spiro atoms. The zero-order valence-electron chi connectivity index (χ0n) is 12.4. The summed E-state index contributed by atoms with van der Waals surface area (Å²) in [5.74, 6) is 0. The Morgan fingerprint density at radius 1 is 1.21 bits per heavy atom. The lowest BCUT2D eigenvalue weighted by Crippen LogP contribution is -2.41. The van der Waals surface area contributed by atoms with Crippen LogP contribution in [-0.2, 0) is 15.9 Å². The van der Waals surface area contributed by atoms with E-state index < -0.39 is 7.12 Å². The first-order valence-electron chi connectivity index (χ1n) is 6.46. The highest BCUT2D eigenvalue weighted by atomic mass is 16.7. The minimum absolute atomic E-state index is 0.242. The fourth-order valence-corrected chi connectivity index (χ4v) is 2.23. The fraction of sp³-hybridized carbons (Fsp3) is 0.692. The predicted octanol–water partition coefficient (Wildman–Crippen LogP) is 1.32. The van der Waals surface area contributed by atoms with Gasteiger partial charge in [0, 0.05) is 11.2 Å². The molecule has 0 radical (unpaired) electrons. The van der Waals surface area contributed by atoms with E-state index in [1.165, 1.54) is 0 Å². The van der Waals surface area contributed by atoms with Crippen LogP contribution in [0.4, 0.5) is 0 Å². The number of hydrogen-bond acceptors (Lipinski definition) is 4. The Kier molecular flexibility index (Phi) is 3.24. The Labute approximate surface area is 114 Å². The van der Waals surface area contributed by atoms with E-state index in [0.717, 1.165) is 16.9 Å². The maximum absolute atomic E-state index is 8.80. The van der Waals surface area contributed by atoms with Gasteiger partial charge >= 0.3 is 7.12 Å². The fourth-order valence-electron chi connectivity index (χ4n) is 2.23. The third kappa shape index (κ3) is 2.17. The molecule has 0 saturated carbocycles. The summed E-state index contributed by atoms with van der Waals surface area (Å²) in [6, 6.07) is 2.11. The zero-order chi connectivity index (χ0) is 14.4. The van der Waals surface area contributed by atoms with Crippen molar-refractivity contribution >= 4 is 12.6 Å². The molecule has 0 N–H and O–H groups in total. The number of hydrogen-bond donors (Lipinski definition) is 0. The van der Waals surface area contributed by atoms with Crippen molar-refractivity contribution in [2.24, 2.45) is 0 Å². The van der Waals surface area contributed by atoms with Crippen molar-refractivity contribution in [3.63, 3.8) is 0 Å². The van der Waals surface area contributed by atoms with Crippen LogP contribution in [0.5, 0.6) is 0 Å². The van der Waals surface area contributed by atoms with Crippen LogP contribution in [0.25, 0.3) is 0 Å². The Morgan fingerprint density at radius 3 is 2.21 bits per heavy atom. The first-order chi connectivity index (χ1) is 8.69. The van der Waals surface area contributed by atoms with Crippen molar-refractivity contribution in [2.45, 2.75) is 59.3 Å². The third-order valence-electron chi connectivity index (χ3n) is 4.15. The van der Waals surface area contributed by atoms with Gasteiger partial charge in [0.25, 0.3) is 0 Å². The summed E-state index contributed by atoms with van der Waals surface area (Å²) < 4.78 is 13.8. The van der Waals surface area contributed by atoms with Crippen LogP contribution in [0.1, 0.15) is 39.1 Å². The maximum atomic E-state index is 8.80. The first kappa shape index (κ1) is 14.1. The van der Waals surface area contributed by atoms with Gasteiger partial charge in [-0.2, -0.15) is 10.4 Å². The molecule has 2 rings (SSSR count). The summed E-state index contributed by atoms with van der Waals surface area (Å²) in [6.07, 6.45) is 0. The van der Waals surface area contributed by atoms with Crippen molar-refractivity contribution in [3.05, 3.63) is 11.4 Å². The van der Waals surface area contributed by atoms with Crippen LogP contribution in [0, 0.1) is 25.2 Å². The molecule has 1 aromatic rings. The highest BCUT2D eigenvalue weighted by Gasteiger charge is 2.53. The standard InChI is InChI=1S/C13H20BN3O2/c1-9-11(10(2)17(16-9)8-7-15)14-18-12(3,4)13(5,6)19-14/h8H2,1-6H3. The minimum atomic E-state index is -0.419. The normalized spacial score (nSPS) is 20.6. The molecule has 0 amide bonds. The van der Waals surface area contributed by atoms with Gasteiger partial charge < -0.3 is 9.31 Å². The van der Waals surface area contributed by atoms with Crippen molar-refractivity contribution in [2.75, 3.05) is 0 Å². The van der Waals surface area contributed by atoms with E-state index in [2.05, 4.69) is 11.2 Å². The van der Waals surface area contributed by atoms with Crippen LogP contribution < -0.4 is 5.46 Å². The second-order valence-electron chi connectivity index (χ2n) is 5.99. The molecule has 0 atom stereocenters. The van der Waals surface area contributed by atoms with Gasteiger partial charge in [-0.15, -0.1) is 0 Å². The molecule has 6 heteroatoms. The molecule has 0 unspecified atom stereocenters. The average molecular weight is 261 g/mol. The molecule has 1 saturated heterocycles. The number of nitrogens with zero attached hydrogens (tertiary/aromatic N) is 3.